The van der Waals surface area contributed by atoms with Crippen molar-refractivity contribution >= 4 is 16.7 Å². The van der Waals surface area contributed by atoms with Crippen LogP contribution in [0.5, 0.6) is 5.75 Å². The molecule has 0 spiro atoms. The van der Waals surface area contributed by atoms with Gasteiger partial charge < -0.3 is 10.1 Å². The lowest BCUT2D eigenvalue weighted by Gasteiger charge is -2.23. The molecule has 5 nitrogen and oxygen atoms in total. The number of rotatable bonds is 4. The molecule has 0 aliphatic heterocycles. The summed E-state index contributed by atoms with van der Waals surface area (Å²) in [6.45, 7) is 6.06. The average molecular weight is 420 g/mol. The van der Waals surface area contributed by atoms with Gasteiger partial charge in [-0.2, -0.15) is 0 Å². The predicted molar refractivity (Wildman–Crippen MR) is 118 cm³/mol. The first-order chi connectivity index (χ1) is 14.7. The fourth-order valence-electron chi connectivity index (χ4n) is 3.31. The van der Waals surface area contributed by atoms with Crippen LogP contribution >= 0.6 is 0 Å². The Balaban J connectivity index is 2.01. The predicted octanol–water partition coefficient (Wildman–Crippen LogP) is 5.86. The van der Waals surface area contributed by atoms with Gasteiger partial charge in [-0.1, -0.05) is 0 Å². The van der Waals surface area contributed by atoms with Crippen LogP contribution in [0.3, 0.4) is 0 Å². The van der Waals surface area contributed by atoms with E-state index < -0.39 is 11.6 Å². The maximum Gasteiger partial charge on any atom is 0.163 e. The molecule has 158 valence electrons. The van der Waals surface area contributed by atoms with Gasteiger partial charge in [-0.05, 0) is 62.7 Å². The van der Waals surface area contributed by atoms with E-state index in [0.717, 1.165) is 11.6 Å². The molecule has 0 aliphatic carbocycles. The highest BCUT2D eigenvalue weighted by Gasteiger charge is 2.20. The van der Waals surface area contributed by atoms with E-state index in [1.54, 1.807) is 24.5 Å². The number of hydrogen-bond acceptors (Lipinski definition) is 5. The average Bonchev–Trinajstić information content (AvgIpc) is 2.72. The van der Waals surface area contributed by atoms with Crippen LogP contribution in [0.1, 0.15) is 20.8 Å². The van der Waals surface area contributed by atoms with E-state index in [-0.39, 0.29) is 11.1 Å². The first-order valence-electron chi connectivity index (χ1n) is 9.79. The van der Waals surface area contributed by atoms with Crippen molar-refractivity contribution in [3.05, 3.63) is 66.5 Å². The molecule has 2 heterocycles. The zero-order valence-electron chi connectivity index (χ0n) is 17.7. The Morgan fingerprint density at radius 3 is 2.42 bits per heavy atom. The Hall–Kier alpha value is -3.61. The second-order valence-electron chi connectivity index (χ2n) is 8.21. The van der Waals surface area contributed by atoms with E-state index in [1.165, 1.54) is 19.2 Å². The summed E-state index contributed by atoms with van der Waals surface area (Å²) in [5.74, 6) is 0.249. The smallest absolute Gasteiger partial charge is 0.163 e. The third kappa shape index (κ3) is 4.30. The molecule has 4 aromatic rings. The summed E-state index contributed by atoms with van der Waals surface area (Å²) < 4.78 is 33.5. The Morgan fingerprint density at radius 2 is 1.77 bits per heavy atom. The standard InChI is InChI=1S/C24H22F2N4O/c1-24(2,3)30-23-18-10-15(17-8-7-16(25)12-19(17)26)11-20(31-4)21(18)28-22(29-23)14-6-5-9-27-13-14/h5-13H,1-4H3,(H,28,29,30). The first kappa shape index (κ1) is 20.7. The van der Waals surface area contributed by atoms with Gasteiger partial charge in [0.1, 0.15) is 28.7 Å². The Labute approximate surface area is 179 Å². The summed E-state index contributed by atoms with van der Waals surface area (Å²) in [7, 11) is 1.53. The lowest BCUT2D eigenvalue weighted by Crippen LogP contribution is -2.27. The maximum absolute atomic E-state index is 14.5. The fraction of sp³-hybridized carbons (Fsp3) is 0.208. The van der Waals surface area contributed by atoms with Crippen LogP contribution in [0, 0.1) is 11.6 Å². The highest BCUT2D eigenvalue weighted by molar-refractivity contribution is 5.98. The van der Waals surface area contributed by atoms with Crippen molar-refractivity contribution in [2.75, 3.05) is 12.4 Å². The van der Waals surface area contributed by atoms with E-state index in [1.807, 2.05) is 32.9 Å². The minimum atomic E-state index is -0.653. The van der Waals surface area contributed by atoms with E-state index in [0.29, 0.717) is 33.9 Å². The number of benzene rings is 2. The van der Waals surface area contributed by atoms with Crippen LogP contribution in [0.2, 0.25) is 0 Å². The van der Waals surface area contributed by atoms with Crippen molar-refractivity contribution in [1.82, 2.24) is 15.0 Å². The zero-order valence-corrected chi connectivity index (χ0v) is 17.7. The molecule has 0 atom stereocenters. The highest BCUT2D eigenvalue weighted by Crippen LogP contribution is 2.37. The van der Waals surface area contributed by atoms with Crippen LogP contribution in [-0.4, -0.2) is 27.6 Å². The second-order valence-corrected chi connectivity index (χ2v) is 8.21. The molecular weight excluding hydrogens is 398 g/mol. The number of aromatic nitrogens is 3. The number of nitrogens with one attached hydrogen (secondary N) is 1. The van der Waals surface area contributed by atoms with Gasteiger partial charge in [-0.3, -0.25) is 4.98 Å². The first-order valence-corrected chi connectivity index (χ1v) is 9.79. The summed E-state index contributed by atoms with van der Waals surface area (Å²) in [4.78, 5) is 13.6. The molecule has 0 amide bonds. The third-order valence-electron chi connectivity index (χ3n) is 4.64. The molecule has 2 aromatic heterocycles. The number of pyridine rings is 1. The molecule has 0 fully saturated rings. The van der Waals surface area contributed by atoms with Crippen molar-refractivity contribution < 1.29 is 13.5 Å². The lowest BCUT2D eigenvalue weighted by atomic mass is 10.0. The maximum atomic E-state index is 14.5. The third-order valence-corrected chi connectivity index (χ3v) is 4.64. The van der Waals surface area contributed by atoms with Gasteiger partial charge in [0.05, 0.1) is 7.11 Å². The molecule has 1 N–H and O–H groups in total. The molecule has 2 aromatic carbocycles. The number of fused-ring (bicyclic) bond motifs is 1. The number of ether oxygens (including phenoxy) is 1. The van der Waals surface area contributed by atoms with Crippen LogP contribution in [0.4, 0.5) is 14.6 Å². The van der Waals surface area contributed by atoms with E-state index in [2.05, 4.69) is 10.3 Å². The molecule has 0 bridgehead atoms. The summed E-state index contributed by atoms with van der Waals surface area (Å²) in [5.41, 5.74) is 1.85. The van der Waals surface area contributed by atoms with E-state index >= 15 is 0 Å². The minimum Gasteiger partial charge on any atom is -0.494 e. The van der Waals surface area contributed by atoms with Gasteiger partial charge in [0.15, 0.2) is 5.82 Å². The summed E-state index contributed by atoms with van der Waals surface area (Å²) in [6, 6.07) is 10.7. The number of halogens is 2. The molecule has 0 radical (unpaired) electrons. The molecule has 31 heavy (non-hydrogen) atoms. The van der Waals surface area contributed by atoms with Crippen molar-refractivity contribution in [2.24, 2.45) is 0 Å². The molecule has 0 unspecified atom stereocenters. The van der Waals surface area contributed by atoms with Gasteiger partial charge in [-0.15, -0.1) is 0 Å². The molecule has 7 heteroatoms. The quantitative estimate of drug-likeness (QED) is 0.448. The monoisotopic (exact) mass is 420 g/mol. The molecule has 0 saturated heterocycles. The number of methoxy groups -OCH3 is 1. The summed E-state index contributed by atoms with van der Waals surface area (Å²) >= 11 is 0. The Bertz CT molecular complexity index is 1250. The second kappa shape index (κ2) is 7.91. The van der Waals surface area contributed by atoms with Crippen molar-refractivity contribution in [1.29, 1.82) is 0 Å². The zero-order chi connectivity index (χ0) is 22.2. The molecule has 0 aliphatic rings. The van der Waals surface area contributed by atoms with Crippen molar-refractivity contribution in [3.8, 4) is 28.3 Å². The topological polar surface area (TPSA) is 59.9 Å². The van der Waals surface area contributed by atoms with Crippen LogP contribution < -0.4 is 10.1 Å². The van der Waals surface area contributed by atoms with Crippen molar-refractivity contribution in [3.63, 3.8) is 0 Å². The van der Waals surface area contributed by atoms with Gasteiger partial charge in [0, 0.05) is 40.5 Å². The normalized spacial score (nSPS) is 11.5. The fourth-order valence-corrected chi connectivity index (χ4v) is 3.31. The SMILES string of the molecule is COc1cc(-c2ccc(F)cc2F)cc2c(NC(C)(C)C)nc(-c3cccnc3)nc12. The van der Waals surface area contributed by atoms with E-state index in [4.69, 9.17) is 14.7 Å². The lowest BCUT2D eigenvalue weighted by molar-refractivity contribution is 0.419. The van der Waals surface area contributed by atoms with Gasteiger partial charge in [-0.25, -0.2) is 18.7 Å². The van der Waals surface area contributed by atoms with Gasteiger partial charge in [0.2, 0.25) is 0 Å². The molecule has 0 saturated carbocycles. The van der Waals surface area contributed by atoms with Crippen molar-refractivity contribution in [2.45, 2.75) is 26.3 Å². The number of anilines is 1. The summed E-state index contributed by atoms with van der Waals surface area (Å²) in [5, 5.41) is 4.07. The van der Waals surface area contributed by atoms with Crippen LogP contribution in [0.25, 0.3) is 33.4 Å². The highest BCUT2D eigenvalue weighted by atomic mass is 19.1. The van der Waals surface area contributed by atoms with Crippen LogP contribution in [0.15, 0.2) is 54.9 Å². The van der Waals surface area contributed by atoms with Gasteiger partial charge >= 0.3 is 0 Å². The van der Waals surface area contributed by atoms with E-state index in [9.17, 15) is 8.78 Å². The number of hydrogen-bond donors (Lipinski definition) is 1. The Morgan fingerprint density at radius 1 is 0.968 bits per heavy atom. The molecule has 4 rings (SSSR count). The van der Waals surface area contributed by atoms with Crippen LogP contribution in [-0.2, 0) is 0 Å². The van der Waals surface area contributed by atoms with Gasteiger partial charge in [0.25, 0.3) is 0 Å². The summed E-state index contributed by atoms with van der Waals surface area (Å²) in [6.07, 6.45) is 3.37. The molecular formula is C24H22F2N4O. The largest absolute Gasteiger partial charge is 0.494 e. The Kier molecular flexibility index (Phi) is 5.27. The number of nitrogens with zero attached hydrogens (tertiary/aromatic N) is 3. The minimum absolute atomic E-state index is 0.264.